The molecule has 4 N–H and O–H groups in total. The lowest BCUT2D eigenvalue weighted by Gasteiger charge is -2.19. The van der Waals surface area contributed by atoms with E-state index in [0.717, 1.165) is 5.56 Å². The molecule has 2 aromatic rings. The molecule has 1 aliphatic rings. The summed E-state index contributed by atoms with van der Waals surface area (Å²) in [7, 11) is 0. The van der Waals surface area contributed by atoms with E-state index in [9.17, 15) is 14.4 Å². The first-order valence-corrected chi connectivity index (χ1v) is 9.65. The standard InChI is InChI=1S/C20H26N6O4/c1-11-12(5-7-15(24-11)25-19(29)30-20(2,3)4)9-23-17(27)14-6-8-16-22-10-13(21)18(28)26(14)16/h5,7,10,14H,6,8-9,21H2,1-4H3,(H,23,27)(H,24,25,29). The van der Waals surface area contributed by atoms with Crippen LogP contribution in [-0.4, -0.2) is 32.1 Å². The quantitative estimate of drug-likeness (QED) is 0.691. The number of hydrogen-bond donors (Lipinski definition) is 3. The van der Waals surface area contributed by atoms with Crippen molar-refractivity contribution < 1.29 is 14.3 Å². The van der Waals surface area contributed by atoms with E-state index in [1.807, 2.05) is 0 Å². The molecule has 1 atom stereocenters. The zero-order valence-electron chi connectivity index (χ0n) is 17.5. The maximum Gasteiger partial charge on any atom is 0.413 e. The number of nitrogens with one attached hydrogen (secondary N) is 2. The molecule has 0 aromatic carbocycles. The van der Waals surface area contributed by atoms with Crippen LogP contribution in [0.4, 0.5) is 16.3 Å². The molecule has 2 amide bonds. The molecule has 0 saturated heterocycles. The van der Waals surface area contributed by atoms with Gasteiger partial charge in [-0.15, -0.1) is 0 Å². The molecule has 10 heteroatoms. The lowest BCUT2D eigenvalue weighted by molar-refractivity contribution is -0.124. The van der Waals surface area contributed by atoms with Gasteiger partial charge in [-0.1, -0.05) is 6.07 Å². The van der Waals surface area contributed by atoms with Gasteiger partial charge in [0.15, 0.2) is 0 Å². The highest BCUT2D eigenvalue weighted by Crippen LogP contribution is 2.23. The summed E-state index contributed by atoms with van der Waals surface area (Å²) in [6, 6.07) is 2.77. The number of pyridine rings is 1. The molecule has 160 valence electrons. The minimum Gasteiger partial charge on any atom is -0.444 e. The molecular weight excluding hydrogens is 388 g/mol. The Labute approximate surface area is 173 Å². The number of aromatic nitrogens is 3. The largest absolute Gasteiger partial charge is 0.444 e. The van der Waals surface area contributed by atoms with Gasteiger partial charge in [-0.05, 0) is 45.7 Å². The van der Waals surface area contributed by atoms with Gasteiger partial charge < -0.3 is 15.8 Å². The second-order valence-corrected chi connectivity index (χ2v) is 8.15. The number of carbonyl (C=O) groups excluding carboxylic acids is 2. The number of ether oxygens (including phenoxy) is 1. The maximum absolute atomic E-state index is 12.7. The third-order valence-electron chi connectivity index (χ3n) is 4.63. The van der Waals surface area contributed by atoms with E-state index in [0.29, 0.717) is 30.2 Å². The molecule has 2 aromatic heterocycles. The molecule has 0 bridgehead atoms. The highest BCUT2D eigenvalue weighted by molar-refractivity contribution is 5.83. The molecule has 30 heavy (non-hydrogen) atoms. The average molecular weight is 414 g/mol. The lowest BCUT2D eigenvalue weighted by Crippen LogP contribution is -2.36. The number of nitrogens with zero attached hydrogens (tertiary/aromatic N) is 3. The van der Waals surface area contributed by atoms with E-state index >= 15 is 0 Å². The van der Waals surface area contributed by atoms with Gasteiger partial charge >= 0.3 is 6.09 Å². The molecule has 0 radical (unpaired) electrons. The summed E-state index contributed by atoms with van der Waals surface area (Å²) < 4.78 is 6.57. The molecule has 0 fully saturated rings. The summed E-state index contributed by atoms with van der Waals surface area (Å²) in [5.41, 5.74) is 6.10. The van der Waals surface area contributed by atoms with E-state index < -0.39 is 23.3 Å². The molecule has 10 nitrogen and oxygen atoms in total. The first kappa shape index (κ1) is 21.3. The Morgan fingerprint density at radius 1 is 1.33 bits per heavy atom. The molecule has 0 saturated carbocycles. The van der Waals surface area contributed by atoms with Crippen LogP contribution < -0.4 is 21.9 Å². The Morgan fingerprint density at radius 3 is 2.73 bits per heavy atom. The third kappa shape index (κ3) is 4.76. The maximum atomic E-state index is 12.7. The Morgan fingerprint density at radius 2 is 2.07 bits per heavy atom. The van der Waals surface area contributed by atoms with Crippen molar-refractivity contribution in [1.29, 1.82) is 0 Å². The van der Waals surface area contributed by atoms with Crippen molar-refractivity contribution in [2.24, 2.45) is 0 Å². The Hall–Kier alpha value is -3.43. The van der Waals surface area contributed by atoms with Crippen molar-refractivity contribution >= 4 is 23.5 Å². The zero-order chi connectivity index (χ0) is 22.1. The van der Waals surface area contributed by atoms with Gasteiger partial charge in [-0.2, -0.15) is 0 Å². The van der Waals surface area contributed by atoms with Gasteiger partial charge in [0.2, 0.25) is 5.91 Å². The van der Waals surface area contributed by atoms with Crippen LogP contribution in [0.2, 0.25) is 0 Å². The van der Waals surface area contributed by atoms with Crippen molar-refractivity contribution in [1.82, 2.24) is 19.9 Å². The fourth-order valence-electron chi connectivity index (χ4n) is 3.22. The summed E-state index contributed by atoms with van der Waals surface area (Å²) in [4.78, 5) is 45.3. The molecule has 0 aliphatic carbocycles. The van der Waals surface area contributed by atoms with Gasteiger partial charge in [-0.3, -0.25) is 19.5 Å². The number of hydrogen-bond acceptors (Lipinski definition) is 7. The number of amides is 2. The van der Waals surface area contributed by atoms with Crippen molar-refractivity contribution in [2.75, 3.05) is 11.1 Å². The first-order chi connectivity index (χ1) is 14.0. The lowest BCUT2D eigenvalue weighted by atomic mass is 10.1. The van der Waals surface area contributed by atoms with Crippen LogP contribution in [0.3, 0.4) is 0 Å². The number of fused-ring (bicyclic) bond motifs is 1. The second-order valence-electron chi connectivity index (χ2n) is 8.15. The van der Waals surface area contributed by atoms with Crippen LogP contribution >= 0.6 is 0 Å². The molecule has 1 unspecified atom stereocenters. The minimum absolute atomic E-state index is 0.0200. The summed E-state index contributed by atoms with van der Waals surface area (Å²) in [5.74, 6) is 0.637. The molecule has 3 heterocycles. The number of rotatable bonds is 4. The highest BCUT2D eigenvalue weighted by Gasteiger charge is 2.30. The van der Waals surface area contributed by atoms with Crippen LogP contribution in [0.15, 0.2) is 23.1 Å². The number of anilines is 2. The Bertz CT molecular complexity index is 1040. The van der Waals surface area contributed by atoms with Crippen LogP contribution in [0.25, 0.3) is 0 Å². The van der Waals surface area contributed by atoms with Crippen LogP contribution in [0.1, 0.15) is 50.3 Å². The molecule has 0 spiro atoms. The monoisotopic (exact) mass is 414 g/mol. The van der Waals surface area contributed by atoms with Crippen LogP contribution in [0.5, 0.6) is 0 Å². The topological polar surface area (TPSA) is 141 Å². The normalized spacial score (nSPS) is 15.4. The fourth-order valence-corrected chi connectivity index (χ4v) is 3.22. The van der Waals surface area contributed by atoms with Crippen LogP contribution in [0, 0.1) is 6.92 Å². The second kappa shape index (κ2) is 8.13. The highest BCUT2D eigenvalue weighted by atomic mass is 16.6. The Balaban J connectivity index is 1.63. The first-order valence-electron chi connectivity index (χ1n) is 9.65. The number of nitrogens with two attached hydrogens (primary N) is 1. The van der Waals surface area contributed by atoms with E-state index in [-0.39, 0.29) is 18.1 Å². The summed E-state index contributed by atoms with van der Waals surface area (Å²) in [6.07, 6.45) is 1.77. The summed E-state index contributed by atoms with van der Waals surface area (Å²) in [6.45, 7) is 7.34. The van der Waals surface area contributed by atoms with Gasteiger partial charge in [0.25, 0.3) is 5.56 Å². The van der Waals surface area contributed by atoms with Crippen molar-refractivity contribution in [3.63, 3.8) is 0 Å². The van der Waals surface area contributed by atoms with E-state index in [1.54, 1.807) is 39.8 Å². The number of nitrogen functional groups attached to an aromatic ring is 1. The zero-order valence-corrected chi connectivity index (χ0v) is 17.5. The molecule has 3 rings (SSSR count). The Kier molecular flexibility index (Phi) is 5.77. The van der Waals surface area contributed by atoms with Gasteiger partial charge in [0.05, 0.1) is 6.20 Å². The number of aryl methyl sites for hydroxylation is 2. The van der Waals surface area contributed by atoms with E-state index in [1.165, 1.54) is 10.8 Å². The smallest absolute Gasteiger partial charge is 0.413 e. The van der Waals surface area contributed by atoms with E-state index in [2.05, 4.69) is 20.6 Å². The summed E-state index contributed by atoms with van der Waals surface area (Å²) in [5, 5.41) is 5.42. The van der Waals surface area contributed by atoms with Gasteiger partial charge in [0, 0.05) is 18.7 Å². The predicted octanol–water partition coefficient (Wildman–Crippen LogP) is 1.68. The SMILES string of the molecule is Cc1nc(NC(=O)OC(C)(C)C)ccc1CNC(=O)C1CCc2ncc(N)c(=O)n21. The predicted molar refractivity (Wildman–Crippen MR) is 111 cm³/mol. The van der Waals surface area contributed by atoms with Gasteiger partial charge in [-0.25, -0.2) is 14.8 Å². The average Bonchev–Trinajstić information content (AvgIpc) is 3.07. The molecule has 1 aliphatic heterocycles. The van der Waals surface area contributed by atoms with Crippen molar-refractivity contribution in [3.8, 4) is 0 Å². The van der Waals surface area contributed by atoms with Crippen molar-refractivity contribution in [2.45, 2.75) is 58.7 Å². The van der Waals surface area contributed by atoms with Crippen molar-refractivity contribution in [3.05, 3.63) is 45.8 Å². The number of carbonyl (C=O) groups is 2. The fraction of sp³-hybridized carbons (Fsp3) is 0.450. The van der Waals surface area contributed by atoms with Crippen LogP contribution in [-0.2, 0) is 22.5 Å². The van der Waals surface area contributed by atoms with Gasteiger partial charge in [0.1, 0.15) is 29.0 Å². The van der Waals surface area contributed by atoms with E-state index in [4.69, 9.17) is 10.5 Å². The summed E-state index contributed by atoms with van der Waals surface area (Å²) >= 11 is 0. The molecular formula is C20H26N6O4. The third-order valence-corrected chi connectivity index (χ3v) is 4.63. The minimum atomic E-state index is -0.634.